The number of amides is 3. The summed E-state index contributed by atoms with van der Waals surface area (Å²) in [5.41, 5.74) is 1.10. The first-order valence-electron chi connectivity index (χ1n) is 10.2. The van der Waals surface area contributed by atoms with Crippen molar-refractivity contribution in [2.45, 2.75) is 66.7 Å². The predicted octanol–water partition coefficient (Wildman–Crippen LogP) is 4.21. The van der Waals surface area contributed by atoms with Crippen LogP contribution in [-0.4, -0.2) is 35.8 Å². The molecular weight excluding hydrogens is 386 g/mol. The lowest BCUT2D eigenvalue weighted by Gasteiger charge is -2.11. The molecule has 0 atom stereocenters. The van der Waals surface area contributed by atoms with E-state index < -0.39 is 0 Å². The molecule has 0 unspecified atom stereocenters. The maximum Gasteiger partial charge on any atom is 0.224 e. The van der Waals surface area contributed by atoms with Gasteiger partial charge in [-0.15, -0.1) is 0 Å². The highest BCUT2D eigenvalue weighted by atomic mass is 16.2. The van der Waals surface area contributed by atoms with E-state index in [1.807, 2.05) is 13.8 Å². The van der Waals surface area contributed by atoms with Gasteiger partial charge in [-0.05, 0) is 38.5 Å². The van der Waals surface area contributed by atoms with Crippen molar-refractivity contribution in [2.24, 2.45) is 0 Å². The Bertz CT molecular complexity index is 774. The van der Waals surface area contributed by atoms with Crippen molar-refractivity contribution in [1.82, 2.24) is 5.32 Å². The molecule has 1 aromatic rings. The molecule has 8 heteroatoms. The van der Waals surface area contributed by atoms with Crippen molar-refractivity contribution < 1.29 is 28.3 Å². The first kappa shape index (κ1) is 27.0. The Kier molecular flexibility index (Phi) is 13.4. The van der Waals surface area contributed by atoms with Crippen molar-refractivity contribution in [1.29, 1.82) is 0 Å². The van der Waals surface area contributed by atoms with Crippen LogP contribution in [0.5, 0.6) is 0 Å². The third-order valence-corrected chi connectivity index (χ3v) is 3.84. The topological polar surface area (TPSA) is 121 Å². The molecule has 0 heterocycles. The van der Waals surface area contributed by atoms with Gasteiger partial charge in [-0.2, -0.15) is 0 Å². The quantitative estimate of drug-likeness (QED) is 0.362. The molecule has 30 heavy (non-hydrogen) atoms. The van der Waals surface area contributed by atoms with Crippen LogP contribution < -0.4 is 16.0 Å². The van der Waals surface area contributed by atoms with E-state index in [2.05, 4.69) is 16.0 Å². The highest BCUT2D eigenvalue weighted by Gasteiger charge is 2.11. The van der Waals surface area contributed by atoms with Gasteiger partial charge >= 0.3 is 0 Å². The van der Waals surface area contributed by atoms with Gasteiger partial charge in [0, 0.05) is 53.4 Å². The van der Waals surface area contributed by atoms with Gasteiger partial charge in [-0.1, -0.05) is 20.8 Å². The Hall–Kier alpha value is -3.03. The zero-order valence-corrected chi connectivity index (χ0v) is 18.5. The molecule has 3 N–H and O–H groups in total. The second-order valence-electron chi connectivity index (χ2n) is 6.46. The van der Waals surface area contributed by atoms with E-state index in [-0.39, 0.29) is 52.8 Å². The maximum absolute atomic E-state index is 12.1. The lowest BCUT2D eigenvalue weighted by Crippen LogP contribution is -2.24. The molecule has 0 fully saturated rings. The molecule has 172 valence electrons. The summed E-state index contributed by atoms with van der Waals surface area (Å²) < 4.78 is 0. The van der Waals surface area contributed by atoms with Crippen LogP contribution in [0.3, 0.4) is 0 Å². The minimum Gasteiger partial charge on any atom is -0.356 e. The van der Waals surface area contributed by atoms with Crippen molar-refractivity contribution in [3.05, 3.63) is 23.8 Å². The van der Waals surface area contributed by atoms with Gasteiger partial charge in [0.2, 0.25) is 17.7 Å². The van der Waals surface area contributed by atoms with Crippen LogP contribution in [0, 0.1) is 0 Å². The van der Waals surface area contributed by atoms with E-state index in [1.54, 1.807) is 13.0 Å². The lowest BCUT2D eigenvalue weighted by atomic mass is 10.1. The minimum atomic E-state index is -0.347. The average Bonchev–Trinajstić information content (AvgIpc) is 2.70. The lowest BCUT2D eigenvalue weighted by molar-refractivity contribution is -0.121. The van der Waals surface area contributed by atoms with Crippen molar-refractivity contribution >= 4 is 40.7 Å². The SMILES string of the molecule is CC.CCC(=O)NCCCC(=O)Nc1cc(NC(=O)CCC(C)=O)cc(C(C)=O)c1.[HH].[HH].[HH]. The molecule has 8 nitrogen and oxygen atoms in total. The predicted molar refractivity (Wildman–Crippen MR) is 124 cm³/mol. The van der Waals surface area contributed by atoms with Gasteiger partial charge < -0.3 is 20.7 Å². The van der Waals surface area contributed by atoms with Crippen LogP contribution >= 0.6 is 0 Å². The molecule has 1 rings (SSSR count). The van der Waals surface area contributed by atoms with Crippen LogP contribution in [0.25, 0.3) is 0 Å². The average molecular weight is 426 g/mol. The number of nitrogens with one attached hydrogen (secondary N) is 3. The summed E-state index contributed by atoms with van der Waals surface area (Å²) in [6.07, 6.45) is 1.26. The van der Waals surface area contributed by atoms with E-state index >= 15 is 0 Å². The van der Waals surface area contributed by atoms with Crippen molar-refractivity contribution in [2.75, 3.05) is 17.2 Å². The molecule has 0 radical (unpaired) electrons. The second kappa shape index (κ2) is 14.9. The van der Waals surface area contributed by atoms with Gasteiger partial charge in [0.25, 0.3) is 0 Å². The highest BCUT2D eigenvalue weighted by Crippen LogP contribution is 2.20. The Morgan fingerprint density at radius 2 is 1.33 bits per heavy atom. The number of hydrogen-bond donors (Lipinski definition) is 3. The summed E-state index contributed by atoms with van der Waals surface area (Å²) >= 11 is 0. The third kappa shape index (κ3) is 11.7. The number of benzene rings is 1. The minimum absolute atomic E-state index is 0. The molecule has 0 aliphatic heterocycles. The normalized spacial score (nSPS) is 9.63. The van der Waals surface area contributed by atoms with E-state index in [9.17, 15) is 24.0 Å². The molecule has 0 aliphatic rings. The monoisotopic (exact) mass is 425 g/mol. The Labute approximate surface area is 182 Å². The van der Waals surface area contributed by atoms with E-state index in [0.29, 0.717) is 36.3 Å². The zero-order chi connectivity index (χ0) is 23.1. The van der Waals surface area contributed by atoms with Gasteiger partial charge in [-0.25, -0.2) is 0 Å². The van der Waals surface area contributed by atoms with Crippen LogP contribution in [0.4, 0.5) is 11.4 Å². The molecule has 0 bridgehead atoms. The number of carbonyl (C=O) groups excluding carboxylic acids is 5. The summed E-state index contributed by atoms with van der Waals surface area (Å²) in [6, 6.07) is 4.60. The number of hydrogen-bond acceptors (Lipinski definition) is 5. The second-order valence-corrected chi connectivity index (χ2v) is 6.46. The zero-order valence-electron chi connectivity index (χ0n) is 18.5. The fraction of sp³-hybridized carbons (Fsp3) is 0.500. The van der Waals surface area contributed by atoms with Crippen LogP contribution in [0.15, 0.2) is 18.2 Å². The third-order valence-electron chi connectivity index (χ3n) is 3.84. The number of anilines is 2. The Morgan fingerprint density at radius 1 is 0.800 bits per heavy atom. The molecule has 0 aliphatic carbocycles. The highest BCUT2D eigenvalue weighted by molar-refractivity contribution is 6.00. The summed E-state index contributed by atoms with van der Waals surface area (Å²) in [5.74, 6) is -0.979. The van der Waals surface area contributed by atoms with Gasteiger partial charge in [0.05, 0.1) is 0 Å². The summed E-state index contributed by atoms with van der Waals surface area (Å²) in [7, 11) is 0. The van der Waals surface area contributed by atoms with E-state index in [1.165, 1.54) is 26.0 Å². The Balaban J connectivity index is -0.000000817. The van der Waals surface area contributed by atoms with Crippen molar-refractivity contribution in [3.63, 3.8) is 0 Å². The van der Waals surface area contributed by atoms with Crippen LogP contribution in [0.2, 0.25) is 0 Å². The summed E-state index contributed by atoms with van der Waals surface area (Å²) in [6.45, 7) is 8.95. The number of ketones is 2. The van der Waals surface area contributed by atoms with Crippen LogP contribution in [0.1, 0.15) is 81.4 Å². The van der Waals surface area contributed by atoms with E-state index in [4.69, 9.17) is 0 Å². The first-order chi connectivity index (χ1) is 14.2. The molecule has 0 spiro atoms. The van der Waals surface area contributed by atoms with Gasteiger partial charge in [0.15, 0.2) is 5.78 Å². The largest absolute Gasteiger partial charge is 0.356 e. The maximum atomic E-state index is 12.1. The fourth-order valence-electron chi connectivity index (χ4n) is 2.31. The molecule has 1 aromatic carbocycles. The molecule has 3 amide bonds. The first-order valence-corrected chi connectivity index (χ1v) is 10.2. The van der Waals surface area contributed by atoms with Crippen molar-refractivity contribution in [3.8, 4) is 0 Å². The molecule has 0 aromatic heterocycles. The smallest absolute Gasteiger partial charge is 0.224 e. The fourth-order valence-corrected chi connectivity index (χ4v) is 2.31. The molecular formula is C22H39N3O5. The standard InChI is InChI=1S/C20H27N3O5.C2H6.3H2/c1-4-18(26)21-9-5-6-19(27)22-16-10-15(14(3)25)11-17(12-16)23-20(28)8-7-13(2)24;1-2;;;/h10-12H,4-9H2,1-3H3,(H,21,26)(H,22,27)(H,23,28);1-2H3;3*1H. The number of carbonyl (C=O) groups is 5. The Morgan fingerprint density at radius 3 is 1.80 bits per heavy atom. The molecule has 0 saturated heterocycles. The molecule has 0 saturated carbocycles. The van der Waals surface area contributed by atoms with Crippen LogP contribution in [-0.2, 0) is 19.2 Å². The summed E-state index contributed by atoms with van der Waals surface area (Å²) in [5, 5.41) is 8.02. The van der Waals surface area contributed by atoms with Gasteiger partial charge in [0.1, 0.15) is 5.78 Å². The summed E-state index contributed by atoms with van der Waals surface area (Å²) in [4.78, 5) is 57.9. The van der Waals surface area contributed by atoms with Gasteiger partial charge in [-0.3, -0.25) is 19.2 Å². The van der Waals surface area contributed by atoms with E-state index in [0.717, 1.165) is 0 Å². The number of Topliss-reactive ketones (excluding diaryl/α,β-unsaturated/α-hetero) is 2. The number of rotatable bonds is 11.